The zero-order valence-electron chi connectivity index (χ0n) is 19.6. The number of hydrogen-bond acceptors (Lipinski definition) is 3. The van der Waals surface area contributed by atoms with Crippen LogP contribution in [0, 0.1) is 26.6 Å². The number of benzene rings is 3. The summed E-state index contributed by atoms with van der Waals surface area (Å²) in [6.45, 7) is 7.10. The van der Waals surface area contributed by atoms with Crippen LogP contribution >= 0.6 is 11.6 Å². The summed E-state index contributed by atoms with van der Waals surface area (Å²) in [5.41, 5.74) is 4.43. The maximum Gasteiger partial charge on any atom is 0.243 e. The highest BCUT2D eigenvalue weighted by atomic mass is 35.5. The lowest BCUT2D eigenvalue weighted by atomic mass is 9.96. The third-order valence-electron chi connectivity index (χ3n) is 5.80. The summed E-state index contributed by atoms with van der Waals surface area (Å²) in [5, 5.41) is 3.27. The van der Waals surface area contributed by atoms with Gasteiger partial charge in [0.25, 0.3) is 0 Å². The molecule has 180 valence electrons. The number of rotatable bonds is 8. The van der Waals surface area contributed by atoms with Crippen LogP contribution in [0.1, 0.15) is 40.8 Å². The highest BCUT2D eigenvalue weighted by Gasteiger charge is 2.28. The molecule has 1 N–H and O–H groups in total. The van der Waals surface area contributed by atoms with E-state index in [9.17, 15) is 17.6 Å². The molecular weight excluding hydrogens is 475 g/mol. The van der Waals surface area contributed by atoms with E-state index in [4.69, 9.17) is 11.6 Å². The zero-order valence-corrected chi connectivity index (χ0v) is 21.2. The van der Waals surface area contributed by atoms with E-state index in [0.29, 0.717) is 5.02 Å². The second-order valence-corrected chi connectivity index (χ2v) is 10.8. The molecule has 0 bridgehead atoms. The van der Waals surface area contributed by atoms with Gasteiger partial charge in [-0.2, -0.15) is 4.31 Å². The van der Waals surface area contributed by atoms with Gasteiger partial charge in [0, 0.05) is 17.1 Å². The fourth-order valence-corrected chi connectivity index (χ4v) is 5.27. The monoisotopic (exact) mass is 502 g/mol. The highest BCUT2D eigenvalue weighted by Crippen LogP contribution is 2.23. The molecule has 0 aromatic heterocycles. The lowest BCUT2D eigenvalue weighted by molar-refractivity contribution is -0.122. The van der Waals surface area contributed by atoms with Crippen molar-refractivity contribution in [1.82, 2.24) is 9.62 Å². The molecule has 3 rings (SSSR count). The first-order chi connectivity index (χ1) is 16.0. The van der Waals surface area contributed by atoms with Gasteiger partial charge in [-0.05, 0) is 80.3 Å². The number of aryl methyl sites for hydroxylation is 3. The quantitative estimate of drug-likeness (QED) is 0.444. The van der Waals surface area contributed by atoms with Gasteiger partial charge < -0.3 is 5.32 Å². The predicted octanol–water partition coefficient (Wildman–Crippen LogP) is 5.47. The van der Waals surface area contributed by atoms with Gasteiger partial charge in [-0.25, -0.2) is 12.8 Å². The minimum atomic E-state index is -4.10. The van der Waals surface area contributed by atoms with Crippen LogP contribution in [0.2, 0.25) is 5.02 Å². The van der Waals surface area contributed by atoms with Crippen molar-refractivity contribution in [2.45, 2.75) is 45.2 Å². The first kappa shape index (κ1) is 25.9. The van der Waals surface area contributed by atoms with Crippen LogP contribution in [0.4, 0.5) is 4.39 Å². The largest absolute Gasteiger partial charge is 0.348 e. The third kappa shape index (κ3) is 6.03. The number of hydrogen-bond donors (Lipinski definition) is 1. The molecule has 0 aliphatic heterocycles. The van der Waals surface area contributed by atoms with Crippen LogP contribution in [0.3, 0.4) is 0 Å². The Morgan fingerprint density at radius 2 is 1.62 bits per heavy atom. The number of sulfonamides is 1. The van der Waals surface area contributed by atoms with E-state index in [1.165, 1.54) is 42.5 Å². The summed E-state index contributed by atoms with van der Waals surface area (Å²) in [5.74, 6) is -1.03. The molecule has 0 fully saturated rings. The molecule has 1 atom stereocenters. The van der Waals surface area contributed by atoms with Crippen molar-refractivity contribution in [3.63, 3.8) is 0 Å². The topological polar surface area (TPSA) is 66.5 Å². The molecule has 8 heteroatoms. The van der Waals surface area contributed by atoms with Gasteiger partial charge >= 0.3 is 0 Å². The Kier molecular flexibility index (Phi) is 8.13. The number of halogens is 2. The molecule has 0 saturated carbocycles. The van der Waals surface area contributed by atoms with E-state index < -0.39 is 28.3 Å². The van der Waals surface area contributed by atoms with Crippen molar-refractivity contribution < 1.29 is 17.6 Å². The minimum absolute atomic E-state index is 0.0286. The fourth-order valence-electron chi connectivity index (χ4n) is 3.77. The number of amides is 1. The molecule has 3 aromatic rings. The summed E-state index contributed by atoms with van der Waals surface area (Å²) in [7, 11) is -4.10. The number of carbonyl (C=O) groups is 1. The van der Waals surface area contributed by atoms with Crippen molar-refractivity contribution in [2.24, 2.45) is 0 Å². The van der Waals surface area contributed by atoms with Crippen LogP contribution in [0.15, 0.2) is 65.6 Å². The molecule has 0 radical (unpaired) electrons. The molecular formula is C26H28ClFN2O3S. The summed E-state index contributed by atoms with van der Waals surface area (Å²) in [6.07, 6.45) is 0. The summed E-state index contributed by atoms with van der Waals surface area (Å²) in [4.78, 5) is 12.9. The molecule has 3 aromatic carbocycles. The molecule has 1 amide bonds. The third-order valence-corrected chi connectivity index (χ3v) is 7.86. The van der Waals surface area contributed by atoms with Crippen LogP contribution in [0.25, 0.3) is 0 Å². The molecule has 0 spiro atoms. The van der Waals surface area contributed by atoms with E-state index in [-0.39, 0.29) is 23.0 Å². The average Bonchev–Trinajstić information content (AvgIpc) is 2.77. The Morgan fingerprint density at radius 3 is 2.26 bits per heavy atom. The Bertz CT molecular complexity index is 1290. The summed E-state index contributed by atoms with van der Waals surface area (Å²) < 4.78 is 42.0. The van der Waals surface area contributed by atoms with Gasteiger partial charge in [-0.1, -0.05) is 41.9 Å². The molecule has 34 heavy (non-hydrogen) atoms. The zero-order chi connectivity index (χ0) is 25.0. The van der Waals surface area contributed by atoms with E-state index in [1.807, 2.05) is 33.8 Å². The van der Waals surface area contributed by atoms with E-state index in [2.05, 4.69) is 11.4 Å². The predicted molar refractivity (Wildman–Crippen MR) is 133 cm³/mol. The van der Waals surface area contributed by atoms with Crippen LogP contribution < -0.4 is 5.32 Å². The second-order valence-electron chi connectivity index (χ2n) is 8.40. The van der Waals surface area contributed by atoms with Crippen LogP contribution in [-0.4, -0.2) is 25.2 Å². The van der Waals surface area contributed by atoms with E-state index >= 15 is 0 Å². The molecule has 0 unspecified atom stereocenters. The fraction of sp³-hybridized carbons (Fsp3) is 0.269. The average molecular weight is 503 g/mol. The first-order valence-electron chi connectivity index (χ1n) is 10.8. The SMILES string of the molecule is Cc1cc(C)c([C@@H](C)NC(=O)CN(Cc2ccccc2F)S(=O)(=O)c2ccc(Cl)cc2)cc1C. The van der Waals surface area contributed by atoms with Gasteiger partial charge in [-0.3, -0.25) is 4.79 Å². The van der Waals surface area contributed by atoms with Crippen molar-refractivity contribution in [1.29, 1.82) is 0 Å². The highest BCUT2D eigenvalue weighted by molar-refractivity contribution is 7.89. The number of nitrogens with zero attached hydrogens (tertiary/aromatic N) is 1. The normalized spacial score (nSPS) is 12.6. The first-order valence-corrected chi connectivity index (χ1v) is 12.7. The van der Waals surface area contributed by atoms with Gasteiger partial charge in [-0.15, -0.1) is 0 Å². The van der Waals surface area contributed by atoms with Gasteiger partial charge in [0.05, 0.1) is 17.5 Å². The van der Waals surface area contributed by atoms with E-state index in [0.717, 1.165) is 26.6 Å². The Balaban J connectivity index is 1.87. The van der Waals surface area contributed by atoms with Crippen molar-refractivity contribution in [2.75, 3.05) is 6.54 Å². The van der Waals surface area contributed by atoms with Crippen LogP contribution in [0.5, 0.6) is 0 Å². The molecule has 0 aliphatic carbocycles. The van der Waals surface area contributed by atoms with Crippen molar-refractivity contribution >= 4 is 27.5 Å². The summed E-state index contributed by atoms with van der Waals surface area (Å²) >= 11 is 5.90. The van der Waals surface area contributed by atoms with Gasteiger partial charge in [0.1, 0.15) is 5.82 Å². The molecule has 5 nitrogen and oxygen atoms in total. The standard InChI is InChI=1S/C26H28ClFN2O3S/c1-17-13-19(3)24(14-18(17)2)20(4)29-26(31)16-30(15-21-7-5-6-8-25(21)28)34(32,33)23-11-9-22(27)10-12-23/h5-14,20H,15-16H2,1-4H3,(H,29,31)/t20-/m1/s1. The van der Waals surface area contributed by atoms with Crippen molar-refractivity contribution in [3.05, 3.63) is 99.3 Å². The van der Waals surface area contributed by atoms with Crippen LogP contribution in [-0.2, 0) is 21.4 Å². The molecule has 0 saturated heterocycles. The smallest absolute Gasteiger partial charge is 0.243 e. The van der Waals surface area contributed by atoms with Gasteiger partial charge in [0.15, 0.2) is 0 Å². The second kappa shape index (κ2) is 10.7. The minimum Gasteiger partial charge on any atom is -0.348 e. The molecule has 0 heterocycles. The van der Waals surface area contributed by atoms with E-state index in [1.54, 1.807) is 6.07 Å². The Hall–Kier alpha value is -2.74. The Labute approximate surface area is 205 Å². The lowest BCUT2D eigenvalue weighted by Gasteiger charge is -2.24. The number of carbonyl (C=O) groups excluding carboxylic acids is 1. The lowest BCUT2D eigenvalue weighted by Crippen LogP contribution is -2.41. The van der Waals surface area contributed by atoms with Gasteiger partial charge in [0.2, 0.25) is 15.9 Å². The summed E-state index contributed by atoms with van der Waals surface area (Å²) in [6, 6.07) is 15.3. The Morgan fingerprint density at radius 1 is 1.00 bits per heavy atom. The molecule has 0 aliphatic rings. The van der Waals surface area contributed by atoms with Crippen molar-refractivity contribution in [3.8, 4) is 0 Å². The maximum absolute atomic E-state index is 14.3. The maximum atomic E-state index is 14.3. The number of nitrogens with one attached hydrogen (secondary N) is 1.